The van der Waals surface area contributed by atoms with Crippen molar-refractivity contribution in [3.63, 3.8) is 0 Å². The second kappa shape index (κ2) is 5.83. The molecule has 0 rings (SSSR count). The summed E-state index contributed by atoms with van der Waals surface area (Å²) >= 11 is 0. The third-order valence-electron chi connectivity index (χ3n) is 1.37. The molecule has 11 heavy (non-hydrogen) atoms. The minimum absolute atomic E-state index is 0.226. The Balaban J connectivity index is 3.90. The van der Waals surface area contributed by atoms with E-state index in [1.807, 2.05) is 0 Å². The maximum absolute atomic E-state index is 12.9. The van der Waals surface area contributed by atoms with Crippen LogP contribution in [0.4, 0.5) is 4.39 Å². The Bertz CT molecular complexity index is 161. The Morgan fingerprint density at radius 1 is 1.36 bits per heavy atom. The number of rotatable bonds is 4. The molecule has 0 aliphatic rings. The summed E-state index contributed by atoms with van der Waals surface area (Å²) < 4.78 is 12.9. The highest BCUT2D eigenvalue weighted by Crippen LogP contribution is 2.09. The van der Waals surface area contributed by atoms with Gasteiger partial charge in [-0.05, 0) is 13.0 Å². The molecule has 0 aromatic rings. The van der Waals surface area contributed by atoms with E-state index in [1.54, 1.807) is 26.0 Å². The zero-order valence-corrected chi connectivity index (χ0v) is 6.83. The molecule has 2 atom stereocenters. The van der Waals surface area contributed by atoms with Crippen LogP contribution in [0.5, 0.6) is 0 Å². The Kier molecular flexibility index (Phi) is 5.35. The number of hydrogen-bond donors (Lipinski definition) is 0. The van der Waals surface area contributed by atoms with Crippen molar-refractivity contribution in [1.82, 2.24) is 0 Å². The minimum Gasteiger partial charge on any atom is -0.299 e. The van der Waals surface area contributed by atoms with E-state index in [2.05, 4.69) is 0 Å². The first kappa shape index (κ1) is 10.1. The molecular weight excluding hydrogens is 143 g/mol. The molecule has 0 aromatic carbocycles. The first-order valence-corrected chi connectivity index (χ1v) is 3.61. The first-order chi connectivity index (χ1) is 5.22. The molecule has 0 amide bonds. The van der Waals surface area contributed by atoms with Gasteiger partial charge in [0.25, 0.3) is 0 Å². The first-order valence-electron chi connectivity index (χ1n) is 3.61. The van der Waals surface area contributed by atoms with Crippen molar-refractivity contribution < 1.29 is 9.18 Å². The normalized spacial score (nSPS) is 17.4. The van der Waals surface area contributed by atoms with E-state index >= 15 is 0 Å². The summed E-state index contributed by atoms with van der Waals surface area (Å²) in [5, 5.41) is 0. The molecule has 0 saturated carbocycles. The highest BCUT2D eigenvalue weighted by Gasteiger charge is 2.07. The average molecular weight is 156 g/mol. The quantitative estimate of drug-likeness (QED) is 0.347. The van der Waals surface area contributed by atoms with E-state index in [1.165, 1.54) is 12.2 Å². The summed E-state index contributed by atoms with van der Waals surface area (Å²) in [4.78, 5) is 9.86. The maximum Gasteiger partial charge on any atom is 0.142 e. The summed E-state index contributed by atoms with van der Waals surface area (Å²) in [6.45, 7) is 3.49. The summed E-state index contributed by atoms with van der Waals surface area (Å²) in [7, 11) is 0. The van der Waals surface area contributed by atoms with Crippen LogP contribution in [-0.4, -0.2) is 12.5 Å². The van der Waals surface area contributed by atoms with Crippen LogP contribution in [0.25, 0.3) is 0 Å². The topological polar surface area (TPSA) is 17.1 Å². The van der Waals surface area contributed by atoms with Crippen molar-refractivity contribution in [2.24, 2.45) is 5.92 Å². The smallest absolute Gasteiger partial charge is 0.142 e. The van der Waals surface area contributed by atoms with Crippen LogP contribution in [0.15, 0.2) is 24.3 Å². The SMILES string of the molecule is C/C=C\C(F)C(C)/C=C/C=O. The lowest BCUT2D eigenvalue weighted by molar-refractivity contribution is -0.104. The van der Waals surface area contributed by atoms with Crippen LogP contribution < -0.4 is 0 Å². The largest absolute Gasteiger partial charge is 0.299 e. The molecule has 1 nitrogen and oxygen atoms in total. The van der Waals surface area contributed by atoms with Crippen LogP contribution in [0.3, 0.4) is 0 Å². The summed E-state index contributed by atoms with van der Waals surface area (Å²) in [5.74, 6) is -0.226. The minimum atomic E-state index is -0.990. The standard InChI is InChI=1S/C9H13FO/c1-3-5-9(10)8(2)6-4-7-11/h3-9H,1-2H3/b5-3-,6-4+. The van der Waals surface area contributed by atoms with Gasteiger partial charge in [-0.3, -0.25) is 4.79 Å². The van der Waals surface area contributed by atoms with Crippen molar-refractivity contribution in [3.05, 3.63) is 24.3 Å². The fourth-order valence-electron chi connectivity index (χ4n) is 0.686. The summed E-state index contributed by atoms with van der Waals surface area (Å²) in [6.07, 6.45) is 5.67. The second-order valence-corrected chi connectivity index (χ2v) is 2.35. The van der Waals surface area contributed by atoms with Gasteiger partial charge < -0.3 is 0 Å². The summed E-state index contributed by atoms with van der Waals surface area (Å²) in [5.41, 5.74) is 0. The third kappa shape index (κ3) is 4.48. The lowest BCUT2D eigenvalue weighted by Crippen LogP contribution is -2.06. The van der Waals surface area contributed by atoms with Gasteiger partial charge in [-0.15, -0.1) is 0 Å². The molecule has 0 aromatic heterocycles. The lowest BCUT2D eigenvalue weighted by atomic mass is 10.1. The van der Waals surface area contributed by atoms with Gasteiger partial charge in [-0.1, -0.05) is 25.2 Å². The molecule has 0 heterocycles. The number of halogens is 1. The Labute approximate surface area is 66.6 Å². The van der Waals surface area contributed by atoms with Crippen LogP contribution in [-0.2, 0) is 4.79 Å². The van der Waals surface area contributed by atoms with Gasteiger partial charge in [0, 0.05) is 5.92 Å². The van der Waals surface area contributed by atoms with E-state index in [4.69, 9.17) is 0 Å². The van der Waals surface area contributed by atoms with E-state index in [9.17, 15) is 9.18 Å². The van der Waals surface area contributed by atoms with Gasteiger partial charge in [0.15, 0.2) is 0 Å². The number of carbonyl (C=O) groups is 1. The van der Waals surface area contributed by atoms with Crippen LogP contribution in [0, 0.1) is 5.92 Å². The highest BCUT2D eigenvalue weighted by molar-refractivity contribution is 5.64. The zero-order valence-electron chi connectivity index (χ0n) is 6.83. The van der Waals surface area contributed by atoms with Crippen molar-refractivity contribution in [3.8, 4) is 0 Å². The lowest BCUT2D eigenvalue weighted by Gasteiger charge is -2.06. The van der Waals surface area contributed by atoms with E-state index in [-0.39, 0.29) is 5.92 Å². The Morgan fingerprint density at radius 3 is 2.45 bits per heavy atom. The van der Waals surface area contributed by atoms with Crippen LogP contribution in [0.1, 0.15) is 13.8 Å². The maximum atomic E-state index is 12.9. The summed E-state index contributed by atoms with van der Waals surface area (Å²) in [6, 6.07) is 0. The number of aldehydes is 1. The molecule has 0 spiro atoms. The molecule has 0 saturated heterocycles. The van der Waals surface area contributed by atoms with Gasteiger partial charge in [0.1, 0.15) is 12.5 Å². The van der Waals surface area contributed by atoms with E-state index in [0.717, 1.165) is 0 Å². The van der Waals surface area contributed by atoms with Crippen LogP contribution >= 0.6 is 0 Å². The number of carbonyl (C=O) groups excluding carboxylic acids is 1. The molecule has 0 fully saturated rings. The van der Waals surface area contributed by atoms with Crippen molar-refractivity contribution >= 4 is 6.29 Å². The molecule has 0 N–H and O–H groups in total. The number of hydrogen-bond acceptors (Lipinski definition) is 1. The second-order valence-electron chi connectivity index (χ2n) is 2.35. The molecule has 2 unspecified atom stereocenters. The molecule has 0 aliphatic carbocycles. The molecule has 2 heteroatoms. The van der Waals surface area contributed by atoms with E-state index in [0.29, 0.717) is 6.29 Å². The Hall–Kier alpha value is -0.920. The predicted molar refractivity (Wildman–Crippen MR) is 44.1 cm³/mol. The Morgan fingerprint density at radius 2 is 2.00 bits per heavy atom. The van der Waals surface area contributed by atoms with Gasteiger partial charge in [-0.25, -0.2) is 4.39 Å². The fourth-order valence-corrected chi connectivity index (χ4v) is 0.686. The molecule has 0 aliphatic heterocycles. The monoisotopic (exact) mass is 156 g/mol. The number of alkyl halides is 1. The van der Waals surface area contributed by atoms with Crippen molar-refractivity contribution in [2.75, 3.05) is 0 Å². The van der Waals surface area contributed by atoms with E-state index < -0.39 is 6.17 Å². The van der Waals surface area contributed by atoms with Gasteiger partial charge in [-0.2, -0.15) is 0 Å². The molecule has 0 radical (unpaired) electrons. The molecular formula is C9H13FO. The molecule has 62 valence electrons. The molecule has 0 bridgehead atoms. The number of allylic oxidation sites excluding steroid dienone is 4. The average Bonchev–Trinajstić information content (AvgIpc) is 2.00. The van der Waals surface area contributed by atoms with Crippen molar-refractivity contribution in [1.29, 1.82) is 0 Å². The highest BCUT2D eigenvalue weighted by atomic mass is 19.1. The third-order valence-corrected chi connectivity index (χ3v) is 1.37. The van der Waals surface area contributed by atoms with Gasteiger partial charge in [0.05, 0.1) is 0 Å². The van der Waals surface area contributed by atoms with Gasteiger partial charge in [0.2, 0.25) is 0 Å². The van der Waals surface area contributed by atoms with Gasteiger partial charge >= 0.3 is 0 Å². The fraction of sp³-hybridized carbons (Fsp3) is 0.444. The van der Waals surface area contributed by atoms with Crippen molar-refractivity contribution in [2.45, 2.75) is 20.0 Å². The van der Waals surface area contributed by atoms with Crippen LogP contribution in [0.2, 0.25) is 0 Å². The predicted octanol–water partition coefficient (Wildman–Crippen LogP) is 2.29. The zero-order chi connectivity index (χ0) is 8.69.